The van der Waals surface area contributed by atoms with Crippen molar-refractivity contribution in [1.29, 1.82) is 0 Å². The van der Waals surface area contributed by atoms with Gasteiger partial charge in [0, 0.05) is 49.7 Å². The Hall–Kier alpha value is -4.03. The number of primary amides is 2. The molecule has 1 saturated heterocycles. The summed E-state index contributed by atoms with van der Waals surface area (Å²) < 4.78 is 14.9. The van der Waals surface area contributed by atoms with Crippen LogP contribution >= 0.6 is 0 Å². The van der Waals surface area contributed by atoms with E-state index in [2.05, 4.69) is 183 Å². The first-order valence-electron chi connectivity index (χ1n) is 35.0. The summed E-state index contributed by atoms with van der Waals surface area (Å²) in [7, 11) is 2.92. The molecule has 4 N–H and O–H groups in total. The summed E-state index contributed by atoms with van der Waals surface area (Å²) in [5.74, 6) is 8.11. The lowest BCUT2D eigenvalue weighted by molar-refractivity contribution is -0.162. The van der Waals surface area contributed by atoms with Gasteiger partial charge >= 0.3 is 17.9 Å². The Morgan fingerprint density at radius 2 is 0.900 bits per heavy atom. The Morgan fingerprint density at radius 1 is 0.500 bits per heavy atom. The van der Waals surface area contributed by atoms with Crippen molar-refractivity contribution >= 4 is 35.6 Å². The number of likely N-dealkylation sites (tertiary alicyclic amines) is 1. The minimum atomic E-state index is -0.339. The molecule has 534 valence electrons. The molecule has 0 bridgehead atoms. The van der Waals surface area contributed by atoms with Crippen molar-refractivity contribution in [3.8, 4) is 0 Å². The summed E-state index contributed by atoms with van der Waals surface area (Å²) in [6, 6.07) is 6.18. The Bertz CT molecular complexity index is 1950. The summed E-state index contributed by atoms with van der Waals surface area (Å²) in [5, 5.41) is 0. The lowest BCUT2D eigenvalue weighted by Crippen LogP contribution is -2.40. The van der Waals surface area contributed by atoms with Crippen LogP contribution in [-0.2, 0) is 43.0 Å². The largest absolute Gasteiger partial charge is 0.469 e. The number of nitrogens with zero attached hydrogens (tertiary/aromatic N) is 2. The van der Waals surface area contributed by atoms with E-state index in [1.54, 1.807) is 12.4 Å². The molecule has 0 aliphatic carbocycles. The highest BCUT2D eigenvalue weighted by Gasteiger charge is 2.39. The molecule has 0 aromatic carbocycles. The average molecular weight is 1280 g/mol. The van der Waals surface area contributed by atoms with Gasteiger partial charge in [0.1, 0.15) is 5.60 Å². The Kier molecular flexibility index (Phi) is 55.4. The van der Waals surface area contributed by atoms with Crippen molar-refractivity contribution in [2.75, 3.05) is 20.8 Å². The third-order valence-corrected chi connectivity index (χ3v) is 17.3. The van der Waals surface area contributed by atoms with Crippen LogP contribution in [0.1, 0.15) is 286 Å². The third kappa shape index (κ3) is 47.8. The molecule has 1 fully saturated rings. The van der Waals surface area contributed by atoms with Crippen LogP contribution in [0.5, 0.6) is 0 Å². The number of pyridine rings is 1. The fourth-order valence-corrected chi connectivity index (χ4v) is 10.8. The number of nitrogens with two attached hydrogens (primary N) is 2. The van der Waals surface area contributed by atoms with Gasteiger partial charge in [-0.15, -0.1) is 0 Å². The number of carbonyl (C=O) groups excluding carboxylic acids is 6. The molecule has 7 unspecified atom stereocenters. The molecular weight excluding hydrogens is 1120 g/mol. The maximum atomic E-state index is 11.6. The number of esters is 3. The Morgan fingerprint density at radius 3 is 1.10 bits per heavy atom. The van der Waals surface area contributed by atoms with Crippen molar-refractivity contribution in [3.05, 3.63) is 30.6 Å². The van der Waals surface area contributed by atoms with Gasteiger partial charge in [-0.05, 0) is 166 Å². The first-order valence-corrected chi connectivity index (χ1v) is 35.0. The van der Waals surface area contributed by atoms with E-state index in [4.69, 9.17) is 25.7 Å². The normalized spacial score (nSPS) is 15.5. The highest BCUT2D eigenvalue weighted by Crippen LogP contribution is 2.36. The predicted octanol–water partition coefficient (Wildman–Crippen LogP) is 19.4. The topological polar surface area (TPSA) is 198 Å². The molecule has 3 amide bonds. The monoisotopic (exact) mass is 1280 g/mol. The van der Waals surface area contributed by atoms with Gasteiger partial charge in [-0.3, -0.25) is 33.8 Å². The van der Waals surface area contributed by atoms with Gasteiger partial charge < -0.3 is 30.6 Å². The van der Waals surface area contributed by atoms with E-state index < -0.39 is 0 Å². The van der Waals surface area contributed by atoms with E-state index in [1.807, 2.05) is 66.7 Å². The first-order chi connectivity index (χ1) is 40.9. The second-order valence-corrected chi connectivity index (χ2v) is 31.7. The van der Waals surface area contributed by atoms with Gasteiger partial charge in [-0.1, -0.05) is 214 Å². The summed E-state index contributed by atoms with van der Waals surface area (Å²) in [4.78, 5) is 73.4. The number of carbonyl (C=O) groups is 6. The van der Waals surface area contributed by atoms with Crippen LogP contribution in [0.25, 0.3) is 0 Å². The fourth-order valence-electron chi connectivity index (χ4n) is 10.8. The van der Waals surface area contributed by atoms with Crippen LogP contribution in [0.4, 0.5) is 0 Å². The molecular formula is C77H152N4O9. The van der Waals surface area contributed by atoms with E-state index in [-0.39, 0.29) is 58.0 Å². The molecule has 2 heterocycles. The first kappa shape index (κ1) is 97.1. The Balaban J connectivity index is -0.000000226. The van der Waals surface area contributed by atoms with E-state index in [9.17, 15) is 28.8 Å². The van der Waals surface area contributed by atoms with Crippen LogP contribution in [0.3, 0.4) is 0 Å². The zero-order valence-electron chi connectivity index (χ0n) is 65.6. The Labute approximate surface area is 558 Å². The van der Waals surface area contributed by atoms with E-state index in [0.717, 1.165) is 75.7 Å². The molecule has 1 aromatic heterocycles. The molecule has 1 aromatic rings. The molecule has 0 radical (unpaired) electrons. The maximum absolute atomic E-state index is 11.6. The second-order valence-electron chi connectivity index (χ2n) is 31.7. The molecule has 0 saturated carbocycles. The standard InChI is InChI=1S/C12H23NO.2C11H22O2.C10H21NO.C10H20O2.C9H19NO.C9H20.C5H5N/c1-9(2)8-11(10(3)4)13-7-5-6-12(13)14;1-8(2)7-11(5,9(3)4)10(12)13-6;1-8(2)7-11(6,9(3)4)13-10(5)12;1-7(2)6-10(5,8(3)4)9(11)12;1-7(2)6-9(8(3)4)10(11)12-5;1-6(2)5-8(7(3)4)9(10)11;1-7(2)6-9(5)8(3)4;1-2-4-6-5-3-1/h9-11H,5-8H2,1-4H3;2*8-9H,7H2,1-6H3;7-8H,6H2,1-5H3,(H2,11,12);7-9H,6H2,1-5H3;6-8H,5H2,1-4H3,(H2,10,11);7-9H,6H2,1-5H3;1-5H. The van der Waals surface area contributed by atoms with Crippen molar-refractivity contribution < 1.29 is 43.0 Å². The van der Waals surface area contributed by atoms with Gasteiger partial charge in [0.2, 0.25) is 17.7 Å². The lowest BCUT2D eigenvalue weighted by Gasteiger charge is -2.34. The highest BCUT2D eigenvalue weighted by molar-refractivity contribution is 5.80. The SMILES string of the molecule is CC(=O)OC(C)(CC(C)C)C(C)C.CC(C)CC(C(C)C)N1CCCC1=O.CC(C)CC(C(N)=O)C(C)C.CC(C)CC(C)(C(N)=O)C(C)C.CC(C)CC(C)C(C)C.COC(=O)C(C)(CC(C)C)C(C)C.COC(=O)C(CC(C)C)C(C)C.c1ccncc1. The smallest absolute Gasteiger partial charge is 0.311 e. The van der Waals surface area contributed by atoms with Crippen molar-refractivity contribution in [1.82, 2.24) is 9.88 Å². The van der Waals surface area contributed by atoms with Gasteiger partial charge in [0.25, 0.3) is 0 Å². The second kappa shape index (κ2) is 51.4. The van der Waals surface area contributed by atoms with Gasteiger partial charge in [-0.2, -0.15) is 0 Å². The summed E-state index contributed by atoms with van der Waals surface area (Å²) in [6.45, 7) is 70.7. The fraction of sp³-hybridized carbons (Fsp3) is 0.857. The minimum absolute atomic E-state index is 0.0509. The number of aromatic nitrogens is 1. The molecule has 2 rings (SSSR count). The molecule has 13 nitrogen and oxygen atoms in total. The summed E-state index contributed by atoms with van der Waals surface area (Å²) in [6.07, 6.45) is 12.3. The van der Waals surface area contributed by atoms with Gasteiger partial charge in [0.05, 0.1) is 25.6 Å². The van der Waals surface area contributed by atoms with E-state index in [1.165, 1.54) is 27.6 Å². The zero-order chi connectivity index (χ0) is 72.4. The number of ether oxygens (including phenoxy) is 3. The van der Waals surface area contributed by atoms with E-state index in [0.29, 0.717) is 83.0 Å². The molecule has 13 heteroatoms. The van der Waals surface area contributed by atoms with Crippen LogP contribution in [0, 0.1) is 111 Å². The van der Waals surface area contributed by atoms with Crippen LogP contribution in [0.15, 0.2) is 30.6 Å². The predicted molar refractivity (Wildman–Crippen MR) is 384 cm³/mol. The number of amides is 3. The molecule has 1 aliphatic heterocycles. The van der Waals surface area contributed by atoms with Crippen LogP contribution < -0.4 is 11.5 Å². The molecule has 1 aliphatic rings. The number of hydrogen-bond donors (Lipinski definition) is 2. The van der Waals surface area contributed by atoms with Crippen LogP contribution in [-0.4, -0.2) is 77.9 Å². The average Bonchev–Trinajstić information content (AvgIpc) is 1.89. The molecule has 90 heavy (non-hydrogen) atoms. The quantitative estimate of drug-likeness (QED) is 0.0631. The number of rotatable bonds is 27. The number of methoxy groups -OCH3 is 2. The highest BCUT2D eigenvalue weighted by atomic mass is 16.6. The van der Waals surface area contributed by atoms with Crippen molar-refractivity contribution in [2.24, 2.45) is 123 Å². The molecule has 0 spiro atoms. The van der Waals surface area contributed by atoms with Gasteiger partial charge in [-0.25, -0.2) is 0 Å². The summed E-state index contributed by atoms with van der Waals surface area (Å²) >= 11 is 0. The maximum Gasteiger partial charge on any atom is 0.311 e. The minimum Gasteiger partial charge on any atom is -0.469 e. The van der Waals surface area contributed by atoms with E-state index >= 15 is 0 Å². The van der Waals surface area contributed by atoms with Gasteiger partial charge in [0.15, 0.2) is 0 Å². The zero-order valence-corrected chi connectivity index (χ0v) is 65.6. The van der Waals surface area contributed by atoms with Crippen molar-refractivity contribution in [2.45, 2.75) is 298 Å². The third-order valence-electron chi connectivity index (χ3n) is 17.3. The van der Waals surface area contributed by atoms with Crippen LogP contribution in [0.2, 0.25) is 0 Å². The lowest BCUT2D eigenvalue weighted by atomic mass is 9.73. The summed E-state index contributed by atoms with van der Waals surface area (Å²) in [5.41, 5.74) is 9.65. The molecule has 7 atom stereocenters. The van der Waals surface area contributed by atoms with Crippen molar-refractivity contribution in [3.63, 3.8) is 0 Å². The number of hydrogen-bond acceptors (Lipinski definition) is 10.